The van der Waals surface area contributed by atoms with Gasteiger partial charge in [-0.05, 0) is 11.6 Å². The van der Waals surface area contributed by atoms with Gasteiger partial charge in [-0.1, -0.05) is 24.3 Å². The number of aliphatic hydroxyl groups excluding tert-OH is 1. The summed E-state index contributed by atoms with van der Waals surface area (Å²) in [5, 5.41) is 8.47. The molecular weight excluding hydrogens is 219 g/mol. The molecule has 3 nitrogen and oxygen atoms in total. The molecule has 0 amide bonds. The molecule has 0 unspecified atom stereocenters. The third kappa shape index (κ3) is 2.87. The molecule has 0 radical (unpaired) electrons. The normalized spacial score (nSPS) is 11.5. The van der Waals surface area contributed by atoms with Crippen LogP contribution >= 0.6 is 0 Å². The van der Waals surface area contributed by atoms with Gasteiger partial charge in [0.15, 0.2) is 5.82 Å². The lowest BCUT2D eigenvalue weighted by Gasteiger charge is -2.01. The average molecular weight is 230 g/mol. The second kappa shape index (κ2) is 5.21. The van der Waals surface area contributed by atoms with Gasteiger partial charge in [-0.3, -0.25) is 0 Å². The standard InChI is InChI=1S/C13H11FN2O/c14-12(9-17)8-10-2-4-11(5-3-10)13-15-6-1-7-16-13/h1-7,9,17H,8H2/b12-9-. The first-order chi connectivity index (χ1) is 8.29. The summed E-state index contributed by atoms with van der Waals surface area (Å²) in [4.78, 5) is 8.24. The van der Waals surface area contributed by atoms with Crippen LogP contribution in [-0.2, 0) is 6.42 Å². The van der Waals surface area contributed by atoms with Crippen molar-refractivity contribution in [2.24, 2.45) is 0 Å². The Hall–Kier alpha value is -2.23. The zero-order valence-electron chi connectivity index (χ0n) is 9.05. The Morgan fingerprint density at radius 3 is 2.41 bits per heavy atom. The topological polar surface area (TPSA) is 46.0 Å². The summed E-state index contributed by atoms with van der Waals surface area (Å²) in [7, 11) is 0. The van der Waals surface area contributed by atoms with E-state index in [0.29, 0.717) is 12.1 Å². The van der Waals surface area contributed by atoms with Gasteiger partial charge in [-0.15, -0.1) is 0 Å². The van der Waals surface area contributed by atoms with Crippen LogP contribution in [0.15, 0.2) is 54.8 Å². The molecule has 1 heterocycles. The lowest BCUT2D eigenvalue weighted by Crippen LogP contribution is -1.89. The first-order valence-electron chi connectivity index (χ1n) is 5.14. The molecule has 86 valence electrons. The van der Waals surface area contributed by atoms with Gasteiger partial charge in [0, 0.05) is 24.4 Å². The van der Waals surface area contributed by atoms with Crippen LogP contribution in [0.2, 0.25) is 0 Å². The van der Waals surface area contributed by atoms with Crippen molar-refractivity contribution in [2.75, 3.05) is 0 Å². The van der Waals surface area contributed by atoms with Gasteiger partial charge in [0.05, 0.1) is 0 Å². The summed E-state index contributed by atoms with van der Waals surface area (Å²) >= 11 is 0. The molecule has 1 aromatic heterocycles. The van der Waals surface area contributed by atoms with Crippen molar-refractivity contribution >= 4 is 0 Å². The second-order valence-corrected chi connectivity index (χ2v) is 3.52. The van der Waals surface area contributed by atoms with Crippen LogP contribution < -0.4 is 0 Å². The van der Waals surface area contributed by atoms with Gasteiger partial charge >= 0.3 is 0 Å². The molecule has 4 heteroatoms. The van der Waals surface area contributed by atoms with E-state index in [2.05, 4.69) is 9.97 Å². The Bertz CT molecular complexity index is 509. The predicted molar refractivity (Wildman–Crippen MR) is 63.0 cm³/mol. The second-order valence-electron chi connectivity index (χ2n) is 3.52. The largest absolute Gasteiger partial charge is 0.513 e. The monoisotopic (exact) mass is 230 g/mol. The Balaban J connectivity index is 2.19. The maximum absolute atomic E-state index is 12.8. The van der Waals surface area contributed by atoms with Crippen molar-refractivity contribution in [2.45, 2.75) is 6.42 Å². The van der Waals surface area contributed by atoms with Gasteiger partial charge in [0.1, 0.15) is 12.1 Å². The molecule has 1 aromatic carbocycles. The molecule has 0 saturated heterocycles. The van der Waals surface area contributed by atoms with E-state index in [1.54, 1.807) is 30.6 Å². The van der Waals surface area contributed by atoms with Gasteiger partial charge in [0.2, 0.25) is 0 Å². The van der Waals surface area contributed by atoms with E-state index in [1.165, 1.54) is 0 Å². The fourth-order valence-electron chi connectivity index (χ4n) is 1.46. The Kier molecular flexibility index (Phi) is 3.45. The Morgan fingerprint density at radius 1 is 1.18 bits per heavy atom. The summed E-state index contributed by atoms with van der Waals surface area (Å²) in [5.41, 5.74) is 1.66. The minimum absolute atomic E-state index is 0.0897. The zero-order chi connectivity index (χ0) is 12.1. The molecule has 17 heavy (non-hydrogen) atoms. The zero-order valence-corrected chi connectivity index (χ0v) is 9.05. The smallest absolute Gasteiger partial charge is 0.159 e. The highest BCUT2D eigenvalue weighted by Crippen LogP contribution is 2.16. The third-order valence-corrected chi connectivity index (χ3v) is 2.29. The van der Waals surface area contributed by atoms with Crippen LogP contribution in [0.1, 0.15) is 5.56 Å². The number of allylic oxidation sites excluding steroid dienone is 1. The maximum atomic E-state index is 12.8. The van der Waals surface area contributed by atoms with E-state index in [4.69, 9.17) is 5.11 Å². The highest BCUT2D eigenvalue weighted by molar-refractivity contribution is 5.54. The van der Waals surface area contributed by atoms with Crippen molar-refractivity contribution in [1.82, 2.24) is 9.97 Å². The molecule has 0 atom stereocenters. The van der Waals surface area contributed by atoms with Crippen LogP contribution in [0.3, 0.4) is 0 Å². The third-order valence-electron chi connectivity index (χ3n) is 2.29. The summed E-state index contributed by atoms with van der Waals surface area (Å²) in [6.07, 6.45) is 3.91. The van der Waals surface area contributed by atoms with Crippen LogP contribution in [0.5, 0.6) is 0 Å². The molecular formula is C13H11FN2O. The molecule has 0 aliphatic carbocycles. The number of hydrogen-bond donors (Lipinski definition) is 1. The fourth-order valence-corrected chi connectivity index (χ4v) is 1.46. The molecule has 0 aliphatic rings. The number of nitrogens with zero attached hydrogens (tertiary/aromatic N) is 2. The molecule has 2 aromatic rings. The number of halogens is 1. The number of hydrogen-bond acceptors (Lipinski definition) is 3. The van der Waals surface area contributed by atoms with E-state index in [0.717, 1.165) is 11.1 Å². The highest BCUT2D eigenvalue weighted by Gasteiger charge is 2.01. The lowest BCUT2D eigenvalue weighted by atomic mass is 10.1. The van der Waals surface area contributed by atoms with Crippen molar-refractivity contribution in [3.8, 4) is 11.4 Å². The lowest BCUT2D eigenvalue weighted by molar-refractivity contribution is 0.435. The minimum atomic E-state index is -0.561. The minimum Gasteiger partial charge on any atom is -0.513 e. The molecule has 2 rings (SSSR count). The molecule has 1 N–H and O–H groups in total. The molecule has 0 spiro atoms. The summed E-state index contributed by atoms with van der Waals surface area (Å²) in [6, 6.07) is 8.98. The first kappa shape index (κ1) is 11.3. The number of benzene rings is 1. The Labute approximate surface area is 98.3 Å². The van der Waals surface area contributed by atoms with E-state index in [9.17, 15) is 4.39 Å². The molecule has 0 bridgehead atoms. The van der Waals surface area contributed by atoms with E-state index in [1.807, 2.05) is 12.1 Å². The quantitative estimate of drug-likeness (QED) is 0.824. The van der Waals surface area contributed by atoms with Crippen LogP contribution in [0.4, 0.5) is 4.39 Å². The van der Waals surface area contributed by atoms with Crippen molar-refractivity contribution in [1.29, 1.82) is 0 Å². The van der Waals surface area contributed by atoms with Crippen molar-refractivity contribution in [3.63, 3.8) is 0 Å². The van der Waals surface area contributed by atoms with Gasteiger partial charge in [-0.25, -0.2) is 14.4 Å². The molecule has 0 fully saturated rings. The molecule has 0 saturated carbocycles. The predicted octanol–water partition coefficient (Wildman–Crippen LogP) is 3.06. The average Bonchev–Trinajstić information content (AvgIpc) is 2.40. The first-order valence-corrected chi connectivity index (χ1v) is 5.14. The van der Waals surface area contributed by atoms with Crippen molar-refractivity contribution < 1.29 is 9.50 Å². The van der Waals surface area contributed by atoms with Gasteiger partial charge in [0.25, 0.3) is 0 Å². The van der Waals surface area contributed by atoms with Gasteiger partial charge in [-0.2, -0.15) is 0 Å². The van der Waals surface area contributed by atoms with E-state index >= 15 is 0 Å². The van der Waals surface area contributed by atoms with Gasteiger partial charge < -0.3 is 5.11 Å². The number of rotatable bonds is 3. The Morgan fingerprint density at radius 2 is 1.82 bits per heavy atom. The van der Waals surface area contributed by atoms with Crippen LogP contribution in [0, 0.1) is 0 Å². The molecule has 0 aliphatic heterocycles. The summed E-state index contributed by atoms with van der Waals surface area (Å²) in [6.45, 7) is 0. The maximum Gasteiger partial charge on any atom is 0.159 e. The van der Waals surface area contributed by atoms with Crippen LogP contribution in [-0.4, -0.2) is 15.1 Å². The number of aliphatic hydroxyl groups is 1. The van der Waals surface area contributed by atoms with E-state index in [-0.39, 0.29) is 6.42 Å². The summed E-state index contributed by atoms with van der Waals surface area (Å²) < 4.78 is 12.8. The SMILES string of the molecule is O/C=C(\F)Cc1ccc(-c2ncccn2)cc1. The fraction of sp³-hybridized carbons (Fsp3) is 0.0769. The summed E-state index contributed by atoms with van der Waals surface area (Å²) in [5.74, 6) is 0.0749. The van der Waals surface area contributed by atoms with Crippen LogP contribution in [0.25, 0.3) is 11.4 Å². The van der Waals surface area contributed by atoms with Crippen molar-refractivity contribution in [3.05, 3.63) is 60.4 Å². The van der Waals surface area contributed by atoms with E-state index < -0.39 is 5.83 Å². The number of aromatic nitrogens is 2. The highest BCUT2D eigenvalue weighted by atomic mass is 19.1.